The number of hydrogen-bond donors (Lipinski definition) is 1. The predicted molar refractivity (Wildman–Crippen MR) is 109 cm³/mol. The fourth-order valence-corrected chi connectivity index (χ4v) is 3.17. The highest BCUT2D eigenvalue weighted by Gasteiger charge is 2.19. The van der Waals surface area contributed by atoms with Crippen molar-refractivity contribution in [3.63, 3.8) is 0 Å². The van der Waals surface area contributed by atoms with E-state index in [9.17, 15) is 14.8 Å². The zero-order valence-electron chi connectivity index (χ0n) is 15.6. The molecule has 0 radical (unpaired) electrons. The highest BCUT2D eigenvalue weighted by atomic mass is 16.3. The molecule has 0 bridgehead atoms. The predicted octanol–water partition coefficient (Wildman–Crippen LogP) is 4.17. The molecule has 4 rings (SSSR count). The van der Waals surface area contributed by atoms with E-state index in [2.05, 4.69) is 15.3 Å². The van der Waals surface area contributed by atoms with Gasteiger partial charge >= 0.3 is 5.91 Å². The molecule has 0 aliphatic rings. The Morgan fingerprint density at radius 3 is 2.48 bits per heavy atom. The van der Waals surface area contributed by atoms with Crippen molar-refractivity contribution in [1.82, 2.24) is 14.6 Å². The van der Waals surface area contributed by atoms with Crippen LogP contribution in [0.5, 0.6) is 5.75 Å². The summed E-state index contributed by atoms with van der Waals surface area (Å²) in [6, 6.07) is 19.7. The zero-order valence-corrected chi connectivity index (χ0v) is 15.6. The second-order valence-electron chi connectivity index (χ2n) is 6.32. The third-order valence-electron chi connectivity index (χ3n) is 4.53. The molecule has 29 heavy (non-hydrogen) atoms. The van der Waals surface area contributed by atoms with Crippen molar-refractivity contribution in [2.24, 2.45) is 5.18 Å². The first-order valence-corrected chi connectivity index (χ1v) is 9.01. The van der Waals surface area contributed by atoms with Gasteiger partial charge in [0.05, 0.1) is 5.69 Å². The highest BCUT2D eigenvalue weighted by molar-refractivity contribution is 5.94. The van der Waals surface area contributed by atoms with Gasteiger partial charge in [0.2, 0.25) is 0 Å². The van der Waals surface area contributed by atoms with Crippen molar-refractivity contribution in [2.75, 3.05) is 11.4 Å². The Balaban J connectivity index is 1.96. The van der Waals surface area contributed by atoms with Crippen LogP contribution in [-0.2, 0) is 0 Å². The molecule has 8 nitrogen and oxygen atoms in total. The molecular formula is C21H17N5O3. The van der Waals surface area contributed by atoms with E-state index < -0.39 is 5.91 Å². The number of aromatic nitrogens is 3. The van der Waals surface area contributed by atoms with Crippen LogP contribution in [0.25, 0.3) is 16.9 Å². The minimum Gasteiger partial charge on any atom is -0.508 e. The first kappa shape index (κ1) is 18.3. The van der Waals surface area contributed by atoms with Crippen LogP contribution in [0, 0.1) is 4.91 Å². The minimum absolute atomic E-state index is 0.0688. The summed E-state index contributed by atoms with van der Waals surface area (Å²) >= 11 is 0. The number of carbonyl (C=O) groups excluding carboxylic acids is 1. The fourth-order valence-electron chi connectivity index (χ4n) is 3.17. The Labute approximate surface area is 166 Å². The fraction of sp³-hybridized carbons (Fsp3) is 0.0952. The van der Waals surface area contributed by atoms with Crippen LogP contribution in [0.1, 0.15) is 17.4 Å². The van der Waals surface area contributed by atoms with Crippen molar-refractivity contribution in [1.29, 1.82) is 0 Å². The van der Waals surface area contributed by atoms with Gasteiger partial charge < -0.3 is 10.0 Å². The summed E-state index contributed by atoms with van der Waals surface area (Å²) in [5.41, 5.74) is 2.71. The van der Waals surface area contributed by atoms with Gasteiger partial charge in [0, 0.05) is 35.1 Å². The number of benzene rings is 2. The van der Waals surface area contributed by atoms with Crippen molar-refractivity contribution >= 4 is 23.1 Å². The van der Waals surface area contributed by atoms with Crippen LogP contribution in [0.15, 0.2) is 71.9 Å². The Kier molecular flexibility index (Phi) is 4.74. The number of amides is 1. The van der Waals surface area contributed by atoms with Crippen LogP contribution in [0.2, 0.25) is 0 Å². The molecule has 144 valence electrons. The van der Waals surface area contributed by atoms with Gasteiger partial charge in [-0.25, -0.2) is 4.98 Å². The monoisotopic (exact) mass is 387 g/mol. The first-order valence-electron chi connectivity index (χ1n) is 9.01. The molecule has 0 saturated carbocycles. The van der Waals surface area contributed by atoms with Gasteiger partial charge in [-0.15, -0.1) is 4.91 Å². The number of phenols is 1. The van der Waals surface area contributed by atoms with Crippen molar-refractivity contribution in [3.05, 3.63) is 77.3 Å². The van der Waals surface area contributed by atoms with E-state index in [1.807, 2.05) is 48.2 Å². The van der Waals surface area contributed by atoms with E-state index >= 15 is 0 Å². The van der Waals surface area contributed by atoms with E-state index in [0.717, 1.165) is 11.3 Å². The van der Waals surface area contributed by atoms with Gasteiger partial charge in [-0.05, 0) is 43.3 Å². The third-order valence-corrected chi connectivity index (χ3v) is 4.53. The van der Waals surface area contributed by atoms with Crippen LogP contribution >= 0.6 is 0 Å². The second-order valence-corrected chi connectivity index (χ2v) is 6.32. The smallest absolute Gasteiger partial charge is 0.336 e. The summed E-state index contributed by atoms with van der Waals surface area (Å²) in [5, 5.41) is 16.3. The number of rotatable bonds is 5. The van der Waals surface area contributed by atoms with Gasteiger partial charge in [0.15, 0.2) is 11.3 Å². The third kappa shape index (κ3) is 3.43. The van der Waals surface area contributed by atoms with Gasteiger partial charge in [-0.2, -0.15) is 9.61 Å². The van der Waals surface area contributed by atoms with Crippen LogP contribution in [0.3, 0.4) is 0 Å². The summed E-state index contributed by atoms with van der Waals surface area (Å²) in [4.78, 5) is 29.1. The lowest BCUT2D eigenvalue weighted by Gasteiger charge is -2.24. The standard InChI is InChI=1S/C21H17N5O3/c1-2-25(15-6-4-3-5-7-15)20-13-17(14-8-10-16(27)11-9-14)22-19-12-18(21(28)24-29)23-26(19)20/h3-13,27H,2H2,1H3. The number of carbonyl (C=O) groups is 1. The molecule has 0 unspecified atom stereocenters. The van der Waals surface area contributed by atoms with Crippen LogP contribution < -0.4 is 4.90 Å². The molecule has 1 N–H and O–H groups in total. The van der Waals surface area contributed by atoms with Crippen molar-refractivity contribution in [2.45, 2.75) is 6.92 Å². The van der Waals surface area contributed by atoms with E-state index in [-0.39, 0.29) is 11.4 Å². The van der Waals surface area contributed by atoms with Gasteiger partial charge in [-0.1, -0.05) is 18.2 Å². The number of nitroso groups, excluding NO2 is 1. The molecule has 0 saturated heterocycles. The Bertz CT molecular complexity index is 1190. The maximum atomic E-state index is 11.8. The average molecular weight is 387 g/mol. The number of anilines is 2. The van der Waals surface area contributed by atoms with E-state index in [0.29, 0.717) is 23.7 Å². The summed E-state index contributed by atoms with van der Waals surface area (Å²) in [7, 11) is 0. The quantitative estimate of drug-likeness (QED) is 0.516. The Morgan fingerprint density at radius 2 is 1.83 bits per heavy atom. The molecule has 0 fully saturated rings. The molecule has 2 heterocycles. The first-order chi connectivity index (χ1) is 14.1. The largest absolute Gasteiger partial charge is 0.508 e. The number of nitrogens with zero attached hydrogens (tertiary/aromatic N) is 5. The SMILES string of the molecule is CCN(c1ccccc1)c1cc(-c2ccc(O)cc2)nc2cc(C(=O)N=O)nn12. The summed E-state index contributed by atoms with van der Waals surface area (Å²) in [5.74, 6) is -0.115. The zero-order chi connectivity index (χ0) is 20.4. The molecule has 4 aromatic rings. The van der Waals surface area contributed by atoms with Gasteiger partial charge in [-0.3, -0.25) is 4.79 Å². The Morgan fingerprint density at radius 1 is 1.10 bits per heavy atom. The number of phenolic OH excluding ortho intramolecular Hbond substituents is 1. The number of aromatic hydroxyl groups is 1. The molecule has 2 aromatic heterocycles. The molecule has 0 atom stereocenters. The van der Waals surface area contributed by atoms with Gasteiger partial charge in [0.1, 0.15) is 11.6 Å². The second kappa shape index (κ2) is 7.51. The van der Waals surface area contributed by atoms with Crippen molar-refractivity contribution < 1.29 is 9.90 Å². The average Bonchev–Trinajstić information content (AvgIpc) is 3.19. The Hall–Kier alpha value is -4.07. The molecule has 2 aromatic carbocycles. The summed E-state index contributed by atoms with van der Waals surface area (Å²) < 4.78 is 1.53. The minimum atomic E-state index is -0.949. The van der Waals surface area contributed by atoms with Gasteiger partial charge in [0.25, 0.3) is 0 Å². The van der Waals surface area contributed by atoms with Crippen molar-refractivity contribution in [3.8, 4) is 17.0 Å². The van der Waals surface area contributed by atoms with E-state index in [4.69, 9.17) is 0 Å². The number of fused-ring (bicyclic) bond motifs is 1. The maximum Gasteiger partial charge on any atom is 0.336 e. The number of para-hydroxylation sites is 1. The lowest BCUT2D eigenvalue weighted by atomic mass is 10.1. The molecule has 0 spiro atoms. The van der Waals surface area contributed by atoms with E-state index in [1.165, 1.54) is 10.6 Å². The normalized spacial score (nSPS) is 10.8. The number of hydrogen-bond acceptors (Lipinski definition) is 6. The van der Waals surface area contributed by atoms with E-state index in [1.54, 1.807) is 24.3 Å². The lowest BCUT2D eigenvalue weighted by Crippen LogP contribution is -2.20. The van der Waals surface area contributed by atoms with Crippen LogP contribution in [0.4, 0.5) is 11.5 Å². The highest BCUT2D eigenvalue weighted by Crippen LogP contribution is 2.30. The topological polar surface area (TPSA) is 100 Å². The summed E-state index contributed by atoms with van der Waals surface area (Å²) in [6.45, 7) is 2.63. The molecule has 0 aliphatic carbocycles. The summed E-state index contributed by atoms with van der Waals surface area (Å²) in [6.07, 6.45) is 0. The molecule has 0 aliphatic heterocycles. The lowest BCUT2D eigenvalue weighted by molar-refractivity contribution is 0.0996. The molecular weight excluding hydrogens is 370 g/mol. The van der Waals surface area contributed by atoms with Crippen LogP contribution in [-0.4, -0.2) is 32.2 Å². The molecule has 1 amide bonds. The maximum absolute atomic E-state index is 11.8. The molecule has 8 heteroatoms.